The maximum atomic E-state index is 12.9. The van der Waals surface area contributed by atoms with Crippen molar-refractivity contribution in [1.82, 2.24) is 0 Å². The van der Waals surface area contributed by atoms with E-state index in [1.807, 2.05) is 6.92 Å². The molecule has 1 N–H and O–H groups in total. The Hall–Kier alpha value is -1.86. The van der Waals surface area contributed by atoms with Crippen LogP contribution in [0.15, 0.2) is 57.9 Å². The fourth-order valence-corrected chi connectivity index (χ4v) is 3.76. The summed E-state index contributed by atoms with van der Waals surface area (Å²) in [6.07, 6.45) is -0.274. The van der Waals surface area contributed by atoms with E-state index in [1.165, 1.54) is 12.1 Å². The summed E-state index contributed by atoms with van der Waals surface area (Å²) in [4.78, 5) is 11.0. The third-order valence-electron chi connectivity index (χ3n) is 3.25. The molecule has 2 aromatic rings. The topological polar surface area (TPSA) is 74.7 Å². The van der Waals surface area contributed by atoms with Crippen molar-refractivity contribution < 1.29 is 18.3 Å². The van der Waals surface area contributed by atoms with E-state index in [1.54, 1.807) is 36.4 Å². The molecule has 0 aromatic heterocycles. The van der Waals surface area contributed by atoms with Crippen LogP contribution in [0.2, 0.25) is 0 Å². The highest BCUT2D eigenvalue weighted by Crippen LogP contribution is 2.25. The molecule has 2 aromatic carbocycles. The van der Waals surface area contributed by atoms with Crippen molar-refractivity contribution in [2.75, 3.05) is 10.8 Å². The first-order valence-electron chi connectivity index (χ1n) is 6.87. The molecule has 23 heavy (non-hydrogen) atoms. The molecular weight excluding hydrogens is 382 g/mol. The largest absolute Gasteiger partial charge is 0.481 e. The van der Waals surface area contributed by atoms with Crippen LogP contribution in [0.4, 0.5) is 5.69 Å². The predicted molar refractivity (Wildman–Crippen MR) is 92.1 cm³/mol. The van der Waals surface area contributed by atoms with Crippen molar-refractivity contribution in [3.05, 3.63) is 58.6 Å². The number of anilines is 1. The molecule has 5 nitrogen and oxygen atoms in total. The molecule has 0 saturated heterocycles. The second-order valence-electron chi connectivity index (χ2n) is 5.01. The van der Waals surface area contributed by atoms with Crippen LogP contribution in [0.1, 0.15) is 12.0 Å². The highest BCUT2D eigenvalue weighted by Gasteiger charge is 2.25. The van der Waals surface area contributed by atoms with Gasteiger partial charge in [0.15, 0.2) is 0 Å². The lowest BCUT2D eigenvalue weighted by molar-refractivity contribution is -0.136. The zero-order valence-corrected chi connectivity index (χ0v) is 14.8. The summed E-state index contributed by atoms with van der Waals surface area (Å²) in [6, 6.07) is 13.2. The first-order chi connectivity index (χ1) is 10.8. The molecule has 122 valence electrons. The van der Waals surface area contributed by atoms with Crippen molar-refractivity contribution >= 4 is 37.6 Å². The van der Waals surface area contributed by atoms with Crippen molar-refractivity contribution in [3.8, 4) is 0 Å². The maximum Gasteiger partial charge on any atom is 0.305 e. The highest BCUT2D eigenvalue weighted by molar-refractivity contribution is 9.10. The number of hydrogen-bond acceptors (Lipinski definition) is 3. The van der Waals surface area contributed by atoms with E-state index < -0.39 is 16.0 Å². The minimum Gasteiger partial charge on any atom is -0.481 e. The van der Waals surface area contributed by atoms with Crippen LogP contribution in [-0.4, -0.2) is 26.0 Å². The molecule has 0 unspecified atom stereocenters. The third-order valence-corrected chi connectivity index (χ3v) is 5.62. The summed E-state index contributed by atoms with van der Waals surface area (Å²) in [5.74, 6) is -1.05. The molecule has 2 rings (SSSR count). The van der Waals surface area contributed by atoms with Gasteiger partial charge in [0, 0.05) is 11.0 Å². The van der Waals surface area contributed by atoms with Crippen molar-refractivity contribution in [3.63, 3.8) is 0 Å². The predicted octanol–water partition coefficient (Wildman–Crippen LogP) is 3.43. The van der Waals surface area contributed by atoms with Gasteiger partial charge in [0.1, 0.15) is 0 Å². The summed E-state index contributed by atoms with van der Waals surface area (Å²) in [7, 11) is -3.83. The van der Waals surface area contributed by atoms with E-state index in [0.717, 1.165) is 14.3 Å². The van der Waals surface area contributed by atoms with Crippen molar-refractivity contribution in [2.45, 2.75) is 18.2 Å². The maximum absolute atomic E-state index is 12.9. The molecule has 0 saturated carbocycles. The summed E-state index contributed by atoms with van der Waals surface area (Å²) < 4.78 is 27.6. The van der Waals surface area contributed by atoms with E-state index in [0.29, 0.717) is 5.69 Å². The van der Waals surface area contributed by atoms with Gasteiger partial charge < -0.3 is 5.11 Å². The molecule has 0 fully saturated rings. The number of benzene rings is 2. The number of sulfonamides is 1. The zero-order valence-electron chi connectivity index (χ0n) is 12.4. The quantitative estimate of drug-likeness (QED) is 0.809. The molecule has 0 heterocycles. The standard InChI is InChI=1S/C16H16BrNO4S/c1-12-2-6-14(7-3-12)18(11-10-16(19)20)23(21,22)15-8-4-13(17)5-9-15/h2-9H,10-11H2,1H3,(H,19,20). The van der Waals surface area contributed by atoms with E-state index in [2.05, 4.69) is 15.9 Å². The van der Waals surface area contributed by atoms with E-state index in [9.17, 15) is 13.2 Å². The summed E-state index contributed by atoms with van der Waals surface area (Å²) in [5.41, 5.74) is 1.44. The number of halogens is 1. The summed E-state index contributed by atoms with van der Waals surface area (Å²) in [6.45, 7) is 1.77. The first-order valence-corrected chi connectivity index (χ1v) is 9.11. The molecule has 0 spiro atoms. The Morgan fingerprint density at radius 2 is 1.65 bits per heavy atom. The fourth-order valence-electron chi connectivity index (χ4n) is 2.03. The number of aryl methyl sites for hydroxylation is 1. The lowest BCUT2D eigenvalue weighted by atomic mass is 10.2. The van der Waals surface area contributed by atoms with Gasteiger partial charge in [-0.05, 0) is 43.3 Å². The Kier molecular flexibility index (Phi) is 5.43. The monoisotopic (exact) mass is 397 g/mol. The molecule has 7 heteroatoms. The molecule has 0 aliphatic heterocycles. The molecule has 0 amide bonds. The number of hydrogen-bond donors (Lipinski definition) is 1. The van der Waals surface area contributed by atoms with Gasteiger partial charge in [-0.1, -0.05) is 33.6 Å². The second-order valence-corrected chi connectivity index (χ2v) is 7.79. The smallest absolute Gasteiger partial charge is 0.305 e. The highest BCUT2D eigenvalue weighted by atomic mass is 79.9. The lowest BCUT2D eigenvalue weighted by Gasteiger charge is -2.24. The Labute approximate surface area is 143 Å². The van der Waals surface area contributed by atoms with Crippen molar-refractivity contribution in [1.29, 1.82) is 0 Å². The Morgan fingerprint density at radius 3 is 2.17 bits per heavy atom. The van der Waals surface area contributed by atoms with E-state index in [-0.39, 0.29) is 17.9 Å². The molecule has 0 radical (unpaired) electrons. The van der Waals surface area contributed by atoms with Gasteiger partial charge in [0.2, 0.25) is 0 Å². The SMILES string of the molecule is Cc1ccc(N(CCC(=O)O)S(=O)(=O)c2ccc(Br)cc2)cc1. The van der Waals surface area contributed by atoms with Crippen LogP contribution in [0, 0.1) is 6.92 Å². The minimum atomic E-state index is -3.83. The number of nitrogens with zero attached hydrogens (tertiary/aromatic N) is 1. The van der Waals surface area contributed by atoms with Gasteiger partial charge in [0.05, 0.1) is 17.0 Å². The normalized spacial score (nSPS) is 11.2. The number of carbonyl (C=O) groups is 1. The first kappa shape index (κ1) is 17.5. The molecule has 0 bridgehead atoms. The average molecular weight is 398 g/mol. The van der Waals surface area contributed by atoms with Gasteiger partial charge in [0.25, 0.3) is 10.0 Å². The Bertz CT molecular complexity index is 786. The number of aliphatic carboxylic acids is 1. The second kappa shape index (κ2) is 7.14. The molecule has 0 aliphatic carbocycles. The fraction of sp³-hybridized carbons (Fsp3) is 0.188. The van der Waals surface area contributed by atoms with Gasteiger partial charge in [-0.15, -0.1) is 0 Å². The van der Waals surface area contributed by atoms with E-state index >= 15 is 0 Å². The zero-order chi connectivity index (χ0) is 17.0. The van der Waals surface area contributed by atoms with Crippen molar-refractivity contribution in [2.24, 2.45) is 0 Å². The van der Waals surface area contributed by atoms with Crippen LogP contribution in [0.3, 0.4) is 0 Å². The van der Waals surface area contributed by atoms with Crippen LogP contribution >= 0.6 is 15.9 Å². The third kappa shape index (κ3) is 4.33. The number of rotatable bonds is 6. The van der Waals surface area contributed by atoms with Crippen LogP contribution in [0.25, 0.3) is 0 Å². The Balaban J connectivity index is 2.44. The van der Waals surface area contributed by atoms with Gasteiger partial charge in [-0.25, -0.2) is 8.42 Å². The summed E-state index contributed by atoms with van der Waals surface area (Å²) >= 11 is 3.27. The number of carboxylic acid groups (broad SMARTS) is 1. The lowest BCUT2D eigenvalue weighted by Crippen LogP contribution is -2.33. The number of carboxylic acids is 1. The van der Waals surface area contributed by atoms with Crippen LogP contribution in [-0.2, 0) is 14.8 Å². The van der Waals surface area contributed by atoms with Gasteiger partial charge in [-0.3, -0.25) is 9.10 Å². The average Bonchev–Trinajstić information content (AvgIpc) is 2.49. The van der Waals surface area contributed by atoms with Crippen LogP contribution in [0.5, 0.6) is 0 Å². The minimum absolute atomic E-state index is 0.117. The molecule has 0 atom stereocenters. The van der Waals surface area contributed by atoms with E-state index in [4.69, 9.17) is 5.11 Å². The summed E-state index contributed by atoms with van der Waals surface area (Å²) in [5, 5.41) is 8.90. The van der Waals surface area contributed by atoms with Gasteiger partial charge in [-0.2, -0.15) is 0 Å². The van der Waals surface area contributed by atoms with Gasteiger partial charge >= 0.3 is 5.97 Å². The molecule has 0 aliphatic rings. The Morgan fingerprint density at radius 1 is 1.09 bits per heavy atom. The van der Waals surface area contributed by atoms with Crippen LogP contribution < -0.4 is 4.31 Å². The molecular formula is C16H16BrNO4S.